The molecule has 0 aromatic heterocycles. The molecule has 0 aliphatic heterocycles. The standard InChI is InChI=1S/C6H12N2O3/c7-3-1-2-5(6(10)11)8-4-9/h4-5H,1-3,7H2,(H,8,9)(H,10,11)/t5-/m1/s1. The summed E-state index contributed by atoms with van der Waals surface area (Å²) < 4.78 is 0. The number of hydrogen-bond acceptors (Lipinski definition) is 3. The van der Waals surface area contributed by atoms with Crippen LogP contribution in [0.3, 0.4) is 0 Å². The van der Waals surface area contributed by atoms with Crippen LogP contribution in [-0.2, 0) is 9.59 Å². The Morgan fingerprint density at radius 2 is 2.36 bits per heavy atom. The number of carboxylic acid groups (broad SMARTS) is 1. The fourth-order valence-corrected chi connectivity index (χ4v) is 0.682. The second kappa shape index (κ2) is 5.67. The van der Waals surface area contributed by atoms with Gasteiger partial charge in [0.05, 0.1) is 0 Å². The number of carbonyl (C=O) groups excluding carboxylic acids is 1. The number of aliphatic carboxylic acids is 1. The zero-order valence-electron chi connectivity index (χ0n) is 6.12. The Hall–Kier alpha value is -1.10. The first-order valence-corrected chi connectivity index (χ1v) is 3.35. The van der Waals surface area contributed by atoms with Crippen LogP contribution in [0.2, 0.25) is 0 Å². The van der Waals surface area contributed by atoms with Gasteiger partial charge in [0.25, 0.3) is 0 Å². The van der Waals surface area contributed by atoms with Crippen LogP contribution in [0.1, 0.15) is 12.8 Å². The summed E-state index contributed by atoms with van der Waals surface area (Å²) in [5.41, 5.74) is 5.16. The van der Waals surface area contributed by atoms with E-state index in [0.29, 0.717) is 25.8 Å². The summed E-state index contributed by atoms with van der Waals surface area (Å²) >= 11 is 0. The predicted molar refractivity (Wildman–Crippen MR) is 38.9 cm³/mol. The second-order valence-corrected chi connectivity index (χ2v) is 2.11. The first kappa shape index (κ1) is 9.90. The van der Waals surface area contributed by atoms with Crippen molar-refractivity contribution >= 4 is 12.4 Å². The second-order valence-electron chi connectivity index (χ2n) is 2.11. The van der Waals surface area contributed by atoms with Gasteiger partial charge < -0.3 is 16.2 Å². The van der Waals surface area contributed by atoms with Gasteiger partial charge in [-0.3, -0.25) is 4.79 Å². The van der Waals surface area contributed by atoms with Gasteiger partial charge in [-0.25, -0.2) is 4.79 Å². The minimum Gasteiger partial charge on any atom is -0.480 e. The third kappa shape index (κ3) is 4.32. The van der Waals surface area contributed by atoms with E-state index < -0.39 is 12.0 Å². The summed E-state index contributed by atoms with van der Waals surface area (Å²) in [5, 5.41) is 10.6. The van der Waals surface area contributed by atoms with Gasteiger partial charge in [0.15, 0.2) is 0 Å². The van der Waals surface area contributed by atoms with Crippen molar-refractivity contribution in [2.75, 3.05) is 6.54 Å². The number of carboxylic acids is 1. The molecule has 5 heteroatoms. The first-order chi connectivity index (χ1) is 5.22. The van der Waals surface area contributed by atoms with Gasteiger partial charge in [-0.1, -0.05) is 0 Å². The van der Waals surface area contributed by atoms with E-state index in [1.165, 1.54) is 0 Å². The van der Waals surface area contributed by atoms with Crippen LogP contribution in [0.5, 0.6) is 0 Å². The molecule has 4 N–H and O–H groups in total. The summed E-state index contributed by atoms with van der Waals surface area (Å²) in [6.45, 7) is 0.435. The molecule has 0 aromatic rings. The van der Waals surface area contributed by atoms with E-state index in [1.807, 2.05) is 0 Å². The molecule has 0 bridgehead atoms. The highest BCUT2D eigenvalue weighted by Crippen LogP contribution is 1.94. The van der Waals surface area contributed by atoms with Crippen LogP contribution in [0, 0.1) is 0 Å². The molecule has 0 heterocycles. The molecule has 0 aliphatic rings. The summed E-state index contributed by atoms with van der Waals surface area (Å²) in [6.07, 6.45) is 1.36. The molecule has 0 aromatic carbocycles. The van der Waals surface area contributed by atoms with Gasteiger partial charge in [-0.2, -0.15) is 0 Å². The lowest BCUT2D eigenvalue weighted by Gasteiger charge is -2.08. The molecular weight excluding hydrogens is 148 g/mol. The van der Waals surface area contributed by atoms with Crippen molar-refractivity contribution in [3.8, 4) is 0 Å². The molecule has 11 heavy (non-hydrogen) atoms. The molecule has 1 amide bonds. The van der Waals surface area contributed by atoms with E-state index in [9.17, 15) is 9.59 Å². The zero-order valence-corrected chi connectivity index (χ0v) is 6.12. The third-order valence-corrected chi connectivity index (χ3v) is 1.26. The Morgan fingerprint density at radius 1 is 1.73 bits per heavy atom. The van der Waals surface area contributed by atoms with E-state index in [-0.39, 0.29) is 0 Å². The lowest BCUT2D eigenvalue weighted by molar-refractivity contribution is -0.140. The molecule has 0 spiro atoms. The van der Waals surface area contributed by atoms with Crippen LogP contribution in [0.4, 0.5) is 0 Å². The van der Waals surface area contributed by atoms with E-state index >= 15 is 0 Å². The maximum Gasteiger partial charge on any atom is 0.326 e. The zero-order chi connectivity index (χ0) is 8.69. The maximum atomic E-state index is 10.3. The molecule has 5 nitrogen and oxygen atoms in total. The summed E-state index contributed by atoms with van der Waals surface area (Å²) in [4.78, 5) is 20.2. The number of amides is 1. The maximum absolute atomic E-state index is 10.3. The van der Waals surface area contributed by atoms with Crippen molar-refractivity contribution in [3.63, 3.8) is 0 Å². The average molecular weight is 160 g/mol. The quantitative estimate of drug-likeness (QED) is 0.431. The monoisotopic (exact) mass is 160 g/mol. The normalized spacial score (nSPS) is 12.1. The van der Waals surface area contributed by atoms with Crippen LogP contribution in [0.25, 0.3) is 0 Å². The largest absolute Gasteiger partial charge is 0.480 e. The summed E-state index contributed by atoms with van der Waals surface area (Å²) in [5.74, 6) is -1.02. The van der Waals surface area contributed by atoms with Crippen molar-refractivity contribution in [2.24, 2.45) is 5.73 Å². The van der Waals surface area contributed by atoms with E-state index in [2.05, 4.69) is 5.32 Å². The smallest absolute Gasteiger partial charge is 0.326 e. The molecule has 1 atom stereocenters. The Balaban J connectivity index is 3.69. The van der Waals surface area contributed by atoms with Crippen LogP contribution in [0.15, 0.2) is 0 Å². The van der Waals surface area contributed by atoms with Gasteiger partial charge in [0.1, 0.15) is 6.04 Å². The summed E-state index contributed by atoms with van der Waals surface area (Å²) in [6, 6.07) is -0.795. The molecule has 0 aliphatic carbocycles. The van der Waals surface area contributed by atoms with E-state index in [1.54, 1.807) is 0 Å². The lowest BCUT2D eigenvalue weighted by Crippen LogP contribution is -2.35. The first-order valence-electron chi connectivity index (χ1n) is 3.35. The topological polar surface area (TPSA) is 92.4 Å². The fraction of sp³-hybridized carbons (Fsp3) is 0.667. The predicted octanol–water partition coefficient (Wildman–Crippen LogP) is -1.08. The fourth-order valence-electron chi connectivity index (χ4n) is 0.682. The van der Waals surface area contributed by atoms with E-state index in [0.717, 1.165) is 0 Å². The highest BCUT2D eigenvalue weighted by atomic mass is 16.4. The molecule has 0 unspecified atom stereocenters. The highest BCUT2D eigenvalue weighted by molar-refractivity contribution is 5.76. The Kier molecular flexibility index (Phi) is 5.10. The highest BCUT2D eigenvalue weighted by Gasteiger charge is 2.14. The lowest BCUT2D eigenvalue weighted by atomic mass is 10.1. The Morgan fingerprint density at radius 3 is 2.73 bits per heavy atom. The summed E-state index contributed by atoms with van der Waals surface area (Å²) in [7, 11) is 0. The molecule has 0 fully saturated rings. The molecular formula is C6H12N2O3. The van der Waals surface area contributed by atoms with Gasteiger partial charge >= 0.3 is 5.97 Å². The van der Waals surface area contributed by atoms with E-state index in [4.69, 9.17) is 10.8 Å². The van der Waals surface area contributed by atoms with Crippen LogP contribution in [-0.4, -0.2) is 30.1 Å². The van der Waals surface area contributed by atoms with Crippen molar-refractivity contribution in [1.29, 1.82) is 0 Å². The molecule has 0 radical (unpaired) electrons. The molecule has 0 saturated heterocycles. The van der Waals surface area contributed by atoms with Gasteiger partial charge in [-0.15, -0.1) is 0 Å². The molecule has 0 rings (SSSR count). The number of rotatable bonds is 6. The molecule has 64 valence electrons. The minimum absolute atomic E-state index is 0.380. The minimum atomic E-state index is -1.02. The van der Waals surface area contributed by atoms with Crippen molar-refractivity contribution < 1.29 is 14.7 Å². The number of nitrogens with one attached hydrogen (secondary N) is 1. The van der Waals surface area contributed by atoms with Gasteiger partial charge in [0.2, 0.25) is 6.41 Å². The number of nitrogens with two attached hydrogens (primary N) is 1. The Bertz CT molecular complexity index is 138. The Labute approximate surface area is 64.6 Å². The van der Waals surface area contributed by atoms with Crippen molar-refractivity contribution in [1.82, 2.24) is 5.32 Å². The number of hydrogen-bond donors (Lipinski definition) is 3. The van der Waals surface area contributed by atoms with Crippen molar-refractivity contribution in [2.45, 2.75) is 18.9 Å². The van der Waals surface area contributed by atoms with Crippen LogP contribution < -0.4 is 11.1 Å². The number of carbonyl (C=O) groups is 2. The average Bonchev–Trinajstić information content (AvgIpc) is 1.97. The van der Waals surface area contributed by atoms with Gasteiger partial charge in [-0.05, 0) is 19.4 Å². The SMILES string of the molecule is NCCC[C@@H](NC=O)C(=O)O. The van der Waals surface area contributed by atoms with Crippen LogP contribution >= 0.6 is 0 Å². The molecule has 0 saturated carbocycles. The van der Waals surface area contributed by atoms with Crippen molar-refractivity contribution in [3.05, 3.63) is 0 Å². The van der Waals surface area contributed by atoms with Gasteiger partial charge in [0, 0.05) is 0 Å². The third-order valence-electron chi connectivity index (χ3n) is 1.26.